The highest BCUT2D eigenvalue weighted by molar-refractivity contribution is 6.12. The molecule has 1 aliphatic carbocycles. The zero-order chi connectivity index (χ0) is 41.0. The molecule has 0 saturated heterocycles. The van der Waals surface area contributed by atoms with Gasteiger partial charge in [-0.05, 0) is 79.9 Å². The maximum atomic E-state index is 6.23. The summed E-state index contributed by atoms with van der Waals surface area (Å²) in [4.78, 5) is 10.5. The molecule has 0 amide bonds. The lowest BCUT2D eigenvalue weighted by molar-refractivity contribution is 0.669. The van der Waals surface area contributed by atoms with Gasteiger partial charge in [-0.3, -0.25) is 0 Å². The maximum absolute atomic E-state index is 6.23. The number of fused-ring (bicyclic) bond motifs is 6. The van der Waals surface area contributed by atoms with E-state index in [-0.39, 0.29) is 0 Å². The predicted molar refractivity (Wildman–Crippen MR) is 254 cm³/mol. The van der Waals surface area contributed by atoms with Crippen LogP contribution in [-0.4, -0.2) is 9.97 Å². The summed E-state index contributed by atoms with van der Waals surface area (Å²) in [6.45, 7) is 0. The van der Waals surface area contributed by atoms with E-state index in [4.69, 9.17) is 14.4 Å². The van der Waals surface area contributed by atoms with Gasteiger partial charge < -0.3 is 4.42 Å². The number of aromatic nitrogens is 2. The summed E-state index contributed by atoms with van der Waals surface area (Å²) in [5.74, 6) is 0.685. The minimum absolute atomic E-state index is 0.451. The minimum atomic E-state index is -0.451. The first kappa shape index (κ1) is 35.8. The molecule has 3 heteroatoms. The van der Waals surface area contributed by atoms with Crippen LogP contribution in [0, 0.1) is 0 Å². The third-order valence-electron chi connectivity index (χ3n) is 12.6. The van der Waals surface area contributed by atoms with Crippen LogP contribution >= 0.6 is 0 Å². The zero-order valence-corrected chi connectivity index (χ0v) is 33.7. The fourth-order valence-corrected chi connectivity index (χ4v) is 9.86. The number of hydrogen-bond donors (Lipinski definition) is 0. The molecular weight excluding hydrogens is 753 g/mol. The Bertz CT molecular complexity index is 3400. The van der Waals surface area contributed by atoms with Gasteiger partial charge in [-0.25, -0.2) is 9.97 Å². The molecule has 0 spiro atoms. The van der Waals surface area contributed by atoms with Gasteiger partial charge in [0.25, 0.3) is 0 Å². The molecule has 0 aliphatic heterocycles. The van der Waals surface area contributed by atoms with E-state index in [1.54, 1.807) is 0 Å². The molecular formula is C59H38N2O. The summed E-state index contributed by atoms with van der Waals surface area (Å²) < 4.78 is 6.23. The Balaban J connectivity index is 0.998. The highest BCUT2D eigenvalue weighted by Crippen LogP contribution is 2.57. The Morgan fingerprint density at radius 2 is 0.871 bits per heavy atom. The maximum Gasteiger partial charge on any atom is 0.160 e. The van der Waals surface area contributed by atoms with E-state index in [1.807, 2.05) is 36.4 Å². The average molecular weight is 791 g/mol. The number of para-hydroxylation sites is 1. The molecule has 62 heavy (non-hydrogen) atoms. The molecule has 1 aliphatic rings. The third-order valence-corrected chi connectivity index (χ3v) is 12.6. The van der Waals surface area contributed by atoms with Crippen LogP contribution in [0.25, 0.3) is 89.2 Å². The topological polar surface area (TPSA) is 38.9 Å². The summed E-state index contributed by atoms with van der Waals surface area (Å²) in [7, 11) is 0. The summed E-state index contributed by atoms with van der Waals surface area (Å²) in [5, 5.41) is 2.25. The lowest BCUT2D eigenvalue weighted by atomic mass is 9.67. The van der Waals surface area contributed by atoms with E-state index in [2.05, 4.69) is 194 Å². The van der Waals surface area contributed by atoms with Crippen LogP contribution in [0.3, 0.4) is 0 Å². The van der Waals surface area contributed by atoms with Gasteiger partial charge >= 0.3 is 0 Å². The van der Waals surface area contributed by atoms with Gasteiger partial charge in [0, 0.05) is 27.5 Å². The van der Waals surface area contributed by atoms with Gasteiger partial charge in [-0.15, -0.1) is 0 Å². The third kappa shape index (κ3) is 5.67. The summed E-state index contributed by atoms with van der Waals surface area (Å²) in [6, 6.07) is 82.2. The van der Waals surface area contributed by atoms with E-state index in [9.17, 15) is 0 Å². The molecule has 9 aromatic carbocycles. The van der Waals surface area contributed by atoms with E-state index >= 15 is 0 Å². The molecule has 11 aromatic rings. The lowest BCUT2D eigenvalue weighted by Crippen LogP contribution is -2.28. The van der Waals surface area contributed by atoms with Crippen LogP contribution in [0.15, 0.2) is 235 Å². The first-order chi connectivity index (χ1) is 30.7. The van der Waals surface area contributed by atoms with Gasteiger partial charge in [0.05, 0.1) is 16.8 Å². The first-order valence-corrected chi connectivity index (χ1v) is 21.1. The molecule has 0 saturated carbocycles. The Morgan fingerprint density at radius 1 is 0.323 bits per heavy atom. The van der Waals surface area contributed by atoms with Gasteiger partial charge in [0.15, 0.2) is 5.82 Å². The molecule has 2 aromatic heterocycles. The Hall–Kier alpha value is -8.14. The van der Waals surface area contributed by atoms with Crippen molar-refractivity contribution >= 4 is 21.9 Å². The van der Waals surface area contributed by atoms with E-state index in [0.717, 1.165) is 72.3 Å². The van der Waals surface area contributed by atoms with E-state index < -0.39 is 5.41 Å². The minimum Gasteiger partial charge on any atom is -0.456 e. The quantitative estimate of drug-likeness (QED) is 0.161. The standard InChI is InChI=1S/C59H38N2O/c1-4-17-41(18-5-1)58-60-53(40-33-31-39(32-34-40)46-27-16-30-56-57(46)49-26-13-15-29-55(49)62-56)38-54(61-58)48-25-11-10-23-45(48)42-35-36-52-50(37-42)47-24-12-14-28-51(47)59(52,43-19-6-2-7-20-43)44-21-8-3-9-22-44/h1-38H. The van der Waals surface area contributed by atoms with Crippen molar-refractivity contribution in [2.45, 2.75) is 5.41 Å². The van der Waals surface area contributed by atoms with Crippen LogP contribution < -0.4 is 0 Å². The largest absolute Gasteiger partial charge is 0.456 e. The zero-order valence-electron chi connectivity index (χ0n) is 33.7. The van der Waals surface area contributed by atoms with Gasteiger partial charge in [0.1, 0.15) is 11.2 Å². The number of furan rings is 1. The van der Waals surface area contributed by atoms with Crippen molar-refractivity contribution in [3.05, 3.63) is 253 Å². The van der Waals surface area contributed by atoms with Crippen molar-refractivity contribution in [2.75, 3.05) is 0 Å². The van der Waals surface area contributed by atoms with Crippen molar-refractivity contribution in [1.82, 2.24) is 9.97 Å². The van der Waals surface area contributed by atoms with Crippen molar-refractivity contribution in [1.29, 1.82) is 0 Å². The normalized spacial score (nSPS) is 12.6. The first-order valence-electron chi connectivity index (χ1n) is 21.1. The SMILES string of the molecule is c1ccc(-c2nc(-c3ccc(-c4cccc5oc6ccccc6c45)cc3)cc(-c3ccccc3-c3ccc4c(c3)-c3ccccc3C4(c3ccccc3)c3ccccc3)n2)cc1. The number of benzene rings is 9. The van der Waals surface area contributed by atoms with Gasteiger partial charge in [0.2, 0.25) is 0 Å². The molecule has 2 heterocycles. The Kier molecular flexibility index (Phi) is 8.39. The second kappa shape index (κ2) is 14.5. The molecule has 3 nitrogen and oxygen atoms in total. The van der Waals surface area contributed by atoms with Crippen LogP contribution in [0.2, 0.25) is 0 Å². The van der Waals surface area contributed by atoms with Crippen LogP contribution in [-0.2, 0) is 5.41 Å². The van der Waals surface area contributed by atoms with Crippen LogP contribution in [0.5, 0.6) is 0 Å². The van der Waals surface area contributed by atoms with Crippen molar-refractivity contribution in [3.63, 3.8) is 0 Å². The molecule has 12 rings (SSSR count). The van der Waals surface area contributed by atoms with E-state index in [0.29, 0.717) is 5.82 Å². The van der Waals surface area contributed by atoms with Crippen molar-refractivity contribution in [3.8, 4) is 67.3 Å². The lowest BCUT2D eigenvalue weighted by Gasteiger charge is -2.33. The molecule has 0 atom stereocenters. The highest BCUT2D eigenvalue weighted by Gasteiger charge is 2.46. The molecule has 0 radical (unpaired) electrons. The number of rotatable bonds is 7. The van der Waals surface area contributed by atoms with Crippen molar-refractivity contribution in [2.24, 2.45) is 0 Å². The van der Waals surface area contributed by atoms with Crippen LogP contribution in [0.1, 0.15) is 22.3 Å². The highest BCUT2D eigenvalue weighted by atomic mass is 16.3. The fourth-order valence-electron chi connectivity index (χ4n) is 9.86. The predicted octanol–water partition coefficient (Wildman–Crippen LogP) is 15.1. The van der Waals surface area contributed by atoms with E-state index in [1.165, 1.54) is 33.4 Å². The second-order valence-electron chi connectivity index (χ2n) is 16.0. The molecule has 0 unspecified atom stereocenters. The van der Waals surface area contributed by atoms with Gasteiger partial charge in [-0.2, -0.15) is 0 Å². The number of hydrogen-bond acceptors (Lipinski definition) is 3. The smallest absolute Gasteiger partial charge is 0.160 e. The summed E-state index contributed by atoms with van der Waals surface area (Å²) >= 11 is 0. The fraction of sp³-hybridized carbons (Fsp3) is 0.0169. The molecule has 0 bridgehead atoms. The second-order valence-corrected chi connectivity index (χ2v) is 16.0. The monoisotopic (exact) mass is 790 g/mol. The summed E-state index contributed by atoms with van der Waals surface area (Å²) in [5.41, 5.74) is 18.2. The Morgan fingerprint density at radius 3 is 1.63 bits per heavy atom. The number of nitrogens with zero attached hydrogens (tertiary/aromatic N) is 2. The van der Waals surface area contributed by atoms with Crippen molar-refractivity contribution < 1.29 is 4.42 Å². The Labute approximate surface area is 360 Å². The average Bonchev–Trinajstić information content (AvgIpc) is 3.89. The van der Waals surface area contributed by atoms with Gasteiger partial charge in [-0.1, -0.05) is 206 Å². The van der Waals surface area contributed by atoms with Crippen LogP contribution in [0.4, 0.5) is 0 Å². The summed E-state index contributed by atoms with van der Waals surface area (Å²) in [6.07, 6.45) is 0. The molecule has 0 fully saturated rings. The molecule has 290 valence electrons. The molecule has 0 N–H and O–H groups in total.